The second-order valence-electron chi connectivity index (χ2n) is 4.06. The lowest BCUT2D eigenvalue weighted by Crippen LogP contribution is -2.10. The van der Waals surface area contributed by atoms with Crippen molar-refractivity contribution in [3.63, 3.8) is 0 Å². The molecule has 0 aliphatic heterocycles. The van der Waals surface area contributed by atoms with E-state index in [1.807, 2.05) is 0 Å². The van der Waals surface area contributed by atoms with Crippen LogP contribution in [-0.2, 0) is 0 Å². The highest BCUT2D eigenvalue weighted by molar-refractivity contribution is 6.32. The Hall–Kier alpha value is -2.61. The first-order valence-electron chi connectivity index (χ1n) is 5.87. The van der Waals surface area contributed by atoms with E-state index >= 15 is 0 Å². The molecule has 9 heteroatoms. The van der Waals surface area contributed by atoms with Crippen molar-refractivity contribution in [1.29, 1.82) is 0 Å². The van der Waals surface area contributed by atoms with E-state index in [0.29, 0.717) is 0 Å². The molecule has 0 fully saturated rings. The van der Waals surface area contributed by atoms with Gasteiger partial charge in [-0.3, -0.25) is 0 Å². The Morgan fingerprint density at radius 1 is 1.27 bits per heavy atom. The number of aromatic nitrogens is 2. The number of benzene rings is 1. The molecule has 7 nitrogen and oxygen atoms in total. The topological polar surface area (TPSA) is 108 Å². The molecule has 2 rings (SSSR count). The monoisotopic (exact) mass is 327 g/mol. The maximum atomic E-state index is 14.4. The lowest BCUT2D eigenvalue weighted by atomic mass is 10.1. The summed E-state index contributed by atoms with van der Waals surface area (Å²) >= 11 is 5.81. The standard InChI is InChI=1S/C13H11ClFN3O4/c1-21-9-6(14)4-3-5(7(9)15)12-17-8(13(19)20)10(22-2)11(16)18-12/h3-4H,1-2H3,(H,19,20)(H2,16,17,18). The van der Waals surface area contributed by atoms with Crippen LogP contribution in [0.1, 0.15) is 10.5 Å². The molecule has 0 atom stereocenters. The Labute approximate surface area is 129 Å². The summed E-state index contributed by atoms with van der Waals surface area (Å²) in [5.41, 5.74) is 5.07. The highest BCUT2D eigenvalue weighted by Gasteiger charge is 2.23. The highest BCUT2D eigenvalue weighted by atomic mass is 35.5. The molecule has 3 N–H and O–H groups in total. The SMILES string of the molecule is COc1c(N)nc(-c2ccc(Cl)c(OC)c2F)nc1C(=O)O. The number of hydrogen-bond acceptors (Lipinski definition) is 6. The number of nitrogens with two attached hydrogens (primary N) is 1. The summed E-state index contributed by atoms with van der Waals surface area (Å²) in [5, 5.41) is 9.20. The fourth-order valence-electron chi connectivity index (χ4n) is 1.83. The molecule has 0 saturated carbocycles. The van der Waals surface area contributed by atoms with Gasteiger partial charge in [0.2, 0.25) is 0 Å². The summed E-state index contributed by atoms with van der Waals surface area (Å²) in [6, 6.07) is 2.68. The van der Waals surface area contributed by atoms with Crippen molar-refractivity contribution in [2.24, 2.45) is 0 Å². The van der Waals surface area contributed by atoms with Crippen molar-refractivity contribution >= 4 is 23.4 Å². The molecular weight excluding hydrogens is 317 g/mol. The van der Waals surface area contributed by atoms with E-state index in [-0.39, 0.29) is 33.7 Å². The highest BCUT2D eigenvalue weighted by Crippen LogP contribution is 2.35. The number of anilines is 1. The number of halogens is 2. The van der Waals surface area contributed by atoms with Crippen LogP contribution in [0.4, 0.5) is 10.2 Å². The number of nitrogens with zero attached hydrogens (tertiary/aromatic N) is 2. The fourth-order valence-corrected chi connectivity index (χ4v) is 2.05. The molecule has 0 spiro atoms. The third-order valence-electron chi connectivity index (χ3n) is 2.79. The zero-order valence-corrected chi connectivity index (χ0v) is 12.3. The third kappa shape index (κ3) is 2.60. The van der Waals surface area contributed by atoms with Crippen LogP contribution in [0.15, 0.2) is 12.1 Å². The van der Waals surface area contributed by atoms with Gasteiger partial charge in [0.05, 0.1) is 24.8 Å². The van der Waals surface area contributed by atoms with Crippen molar-refractivity contribution in [2.45, 2.75) is 0 Å². The van der Waals surface area contributed by atoms with Crippen LogP contribution in [0.3, 0.4) is 0 Å². The normalized spacial score (nSPS) is 10.4. The van der Waals surface area contributed by atoms with Gasteiger partial charge in [0, 0.05) is 0 Å². The van der Waals surface area contributed by atoms with E-state index in [1.54, 1.807) is 0 Å². The molecule has 116 valence electrons. The zero-order valence-electron chi connectivity index (χ0n) is 11.6. The number of ether oxygens (including phenoxy) is 2. The predicted molar refractivity (Wildman–Crippen MR) is 76.9 cm³/mol. The maximum Gasteiger partial charge on any atom is 0.358 e. The summed E-state index contributed by atoms with van der Waals surface area (Å²) in [6.45, 7) is 0. The first-order valence-corrected chi connectivity index (χ1v) is 6.25. The van der Waals surface area contributed by atoms with Gasteiger partial charge in [-0.2, -0.15) is 0 Å². The van der Waals surface area contributed by atoms with Gasteiger partial charge in [-0.15, -0.1) is 0 Å². The van der Waals surface area contributed by atoms with E-state index in [0.717, 1.165) is 0 Å². The summed E-state index contributed by atoms with van der Waals surface area (Å²) in [4.78, 5) is 18.9. The van der Waals surface area contributed by atoms with Gasteiger partial charge in [-0.1, -0.05) is 11.6 Å². The molecular formula is C13H11ClFN3O4. The van der Waals surface area contributed by atoms with E-state index in [1.165, 1.54) is 26.4 Å². The number of carboxylic acid groups (broad SMARTS) is 1. The Morgan fingerprint density at radius 3 is 2.45 bits per heavy atom. The van der Waals surface area contributed by atoms with Crippen molar-refractivity contribution in [3.05, 3.63) is 28.7 Å². The number of nitrogen functional groups attached to an aromatic ring is 1. The average Bonchev–Trinajstić information content (AvgIpc) is 2.46. The number of aromatic carboxylic acids is 1. The number of carboxylic acids is 1. The van der Waals surface area contributed by atoms with Crippen LogP contribution >= 0.6 is 11.6 Å². The number of rotatable bonds is 4. The van der Waals surface area contributed by atoms with Gasteiger partial charge in [0.15, 0.2) is 34.7 Å². The van der Waals surface area contributed by atoms with Gasteiger partial charge in [-0.05, 0) is 12.1 Å². The van der Waals surface area contributed by atoms with Crippen LogP contribution in [0.5, 0.6) is 11.5 Å². The number of hydrogen-bond donors (Lipinski definition) is 2. The molecule has 0 aliphatic carbocycles. The first kappa shape index (κ1) is 15.8. The van der Waals surface area contributed by atoms with Crippen molar-refractivity contribution in [2.75, 3.05) is 20.0 Å². The second kappa shape index (κ2) is 6.02. The quantitative estimate of drug-likeness (QED) is 0.886. The van der Waals surface area contributed by atoms with Gasteiger partial charge in [0.1, 0.15) is 0 Å². The third-order valence-corrected chi connectivity index (χ3v) is 3.09. The van der Waals surface area contributed by atoms with Crippen LogP contribution in [0.25, 0.3) is 11.4 Å². The zero-order chi connectivity index (χ0) is 16.4. The largest absolute Gasteiger partial charge is 0.492 e. The summed E-state index contributed by atoms with van der Waals surface area (Å²) < 4.78 is 24.1. The predicted octanol–water partition coefficient (Wildman–Crippen LogP) is 2.23. The van der Waals surface area contributed by atoms with Crippen LogP contribution in [-0.4, -0.2) is 35.3 Å². The van der Waals surface area contributed by atoms with Crippen LogP contribution < -0.4 is 15.2 Å². The Morgan fingerprint density at radius 2 is 1.91 bits per heavy atom. The van der Waals surface area contributed by atoms with E-state index in [4.69, 9.17) is 31.9 Å². The Balaban J connectivity index is 2.71. The molecule has 1 aromatic heterocycles. The van der Waals surface area contributed by atoms with Gasteiger partial charge in [0.25, 0.3) is 0 Å². The lowest BCUT2D eigenvalue weighted by molar-refractivity contribution is 0.0686. The average molecular weight is 328 g/mol. The molecule has 1 heterocycles. The van der Waals surface area contributed by atoms with Crippen molar-refractivity contribution < 1.29 is 23.8 Å². The summed E-state index contributed by atoms with van der Waals surface area (Å²) in [7, 11) is 2.48. The van der Waals surface area contributed by atoms with E-state index < -0.39 is 17.5 Å². The molecule has 2 aromatic rings. The van der Waals surface area contributed by atoms with Gasteiger partial charge >= 0.3 is 5.97 Å². The molecule has 0 saturated heterocycles. The first-order chi connectivity index (χ1) is 10.4. The van der Waals surface area contributed by atoms with E-state index in [2.05, 4.69) is 9.97 Å². The minimum Gasteiger partial charge on any atom is -0.492 e. The van der Waals surface area contributed by atoms with E-state index in [9.17, 15) is 9.18 Å². The molecule has 0 aliphatic rings. The lowest BCUT2D eigenvalue weighted by Gasteiger charge is -2.11. The minimum atomic E-state index is -1.38. The molecule has 0 bridgehead atoms. The Bertz CT molecular complexity index is 755. The maximum absolute atomic E-state index is 14.4. The second-order valence-corrected chi connectivity index (χ2v) is 4.47. The van der Waals surface area contributed by atoms with Gasteiger partial charge in [-0.25, -0.2) is 19.2 Å². The molecule has 1 aromatic carbocycles. The summed E-state index contributed by atoms with van der Waals surface area (Å²) in [6.07, 6.45) is 0. The van der Waals surface area contributed by atoms with Crippen molar-refractivity contribution in [1.82, 2.24) is 9.97 Å². The molecule has 0 amide bonds. The fraction of sp³-hybridized carbons (Fsp3) is 0.154. The summed E-state index contributed by atoms with van der Waals surface area (Å²) in [5.74, 6) is -3.04. The van der Waals surface area contributed by atoms with Crippen LogP contribution in [0, 0.1) is 5.82 Å². The number of methoxy groups -OCH3 is 2. The molecule has 0 unspecified atom stereocenters. The number of carbonyl (C=O) groups is 1. The van der Waals surface area contributed by atoms with Gasteiger partial charge < -0.3 is 20.3 Å². The molecule has 22 heavy (non-hydrogen) atoms. The van der Waals surface area contributed by atoms with Crippen LogP contribution in [0.2, 0.25) is 5.02 Å². The van der Waals surface area contributed by atoms with Crippen molar-refractivity contribution in [3.8, 4) is 22.9 Å². The minimum absolute atomic E-state index is 0.0590. The molecule has 0 radical (unpaired) electrons. The Kier molecular flexibility index (Phi) is 4.32. The smallest absolute Gasteiger partial charge is 0.358 e.